The maximum absolute atomic E-state index is 14.2. The van der Waals surface area contributed by atoms with Crippen molar-refractivity contribution in [3.8, 4) is 5.69 Å². The van der Waals surface area contributed by atoms with Crippen molar-refractivity contribution in [1.29, 1.82) is 0 Å². The van der Waals surface area contributed by atoms with Gasteiger partial charge in [-0.2, -0.15) is 0 Å². The van der Waals surface area contributed by atoms with Crippen molar-refractivity contribution in [3.05, 3.63) is 58.1 Å². The highest BCUT2D eigenvalue weighted by atomic mass is 35.5. The van der Waals surface area contributed by atoms with Crippen LogP contribution in [0, 0.1) is 12.7 Å². The number of rotatable bonds is 7. The van der Waals surface area contributed by atoms with Crippen molar-refractivity contribution >= 4 is 46.7 Å². The molecule has 1 aliphatic rings. The van der Waals surface area contributed by atoms with E-state index in [1.165, 1.54) is 23.9 Å². The predicted octanol–water partition coefficient (Wildman–Crippen LogP) is 4.02. The van der Waals surface area contributed by atoms with E-state index in [0.717, 1.165) is 18.8 Å². The second-order valence-electron chi connectivity index (χ2n) is 10.9. The van der Waals surface area contributed by atoms with Crippen molar-refractivity contribution in [3.63, 3.8) is 0 Å². The van der Waals surface area contributed by atoms with Crippen LogP contribution in [0.4, 0.5) is 26.2 Å². The lowest BCUT2D eigenvalue weighted by atomic mass is 10.1. The third-order valence-electron chi connectivity index (χ3n) is 6.49. The Bertz CT molecular complexity index is 1530. The molecule has 3 N–H and O–H groups in total. The maximum atomic E-state index is 14.2. The number of piperazine rings is 1. The van der Waals surface area contributed by atoms with E-state index < -0.39 is 36.2 Å². The zero-order valence-electron chi connectivity index (χ0n) is 24.4. The Morgan fingerprint density at radius 2 is 1.81 bits per heavy atom. The van der Waals surface area contributed by atoms with E-state index in [4.69, 9.17) is 31.5 Å². The molecule has 1 aromatic heterocycles. The maximum Gasteiger partial charge on any atom is 0.511 e. The number of nitrogen functional groups attached to an aromatic ring is 1. The number of anilines is 3. The first-order chi connectivity index (χ1) is 20.2. The van der Waals surface area contributed by atoms with Gasteiger partial charge in [0, 0.05) is 31.7 Å². The number of nitrogens with two attached hydrogens (primary N) is 1. The van der Waals surface area contributed by atoms with E-state index in [-0.39, 0.29) is 27.5 Å². The summed E-state index contributed by atoms with van der Waals surface area (Å²) in [6, 6.07) is 6.43. The molecule has 4 rings (SSSR count). The van der Waals surface area contributed by atoms with Crippen LogP contribution in [0.5, 0.6) is 0 Å². The number of likely N-dealkylation sites (N-methyl/N-ethyl adjacent to an activating group) is 1. The standard InChI is InChI=1S/C28H33ClFN7O6/c1-16-23(29)18(13-19(31)24(16)30)25(38)32-20-12-17(6-7-22(20)36-10-8-35(5)9-11-36)37-14-21(33-34-37)26(39)41-15-42-27(40)43-28(2,3)4/h6-7,12-14H,8-11,15,31H2,1-5H3,(H,32,38). The molecule has 1 aliphatic heterocycles. The molecule has 2 aromatic carbocycles. The normalized spacial score (nSPS) is 13.9. The molecule has 0 spiro atoms. The van der Waals surface area contributed by atoms with Crippen LogP contribution in [0.1, 0.15) is 47.2 Å². The summed E-state index contributed by atoms with van der Waals surface area (Å²) >= 11 is 6.30. The molecule has 0 atom stereocenters. The van der Waals surface area contributed by atoms with Crippen molar-refractivity contribution in [2.75, 3.05) is 56.0 Å². The first-order valence-electron chi connectivity index (χ1n) is 13.3. The molecule has 0 unspecified atom stereocenters. The molecular weight excluding hydrogens is 585 g/mol. The SMILES string of the molecule is Cc1c(F)c(N)cc(C(=O)Nc2cc(-n3cc(C(=O)OCOC(=O)OC(C)(C)C)nn3)ccc2N2CCN(C)CC2)c1Cl. The zero-order chi connectivity index (χ0) is 31.5. The van der Waals surface area contributed by atoms with Gasteiger partial charge in [0.25, 0.3) is 5.91 Å². The Morgan fingerprint density at radius 3 is 2.49 bits per heavy atom. The Balaban J connectivity index is 1.56. The van der Waals surface area contributed by atoms with Crippen molar-refractivity contribution in [2.24, 2.45) is 0 Å². The zero-order valence-corrected chi connectivity index (χ0v) is 25.2. The molecule has 1 saturated heterocycles. The van der Waals surface area contributed by atoms with E-state index >= 15 is 0 Å². The summed E-state index contributed by atoms with van der Waals surface area (Å²) in [5.74, 6) is -2.14. The Labute approximate surface area is 252 Å². The van der Waals surface area contributed by atoms with Gasteiger partial charge in [0.2, 0.25) is 6.79 Å². The fourth-order valence-electron chi connectivity index (χ4n) is 4.21. The summed E-state index contributed by atoms with van der Waals surface area (Å²) in [4.78, 5) is 41.8. The van der Waals surface area contributed by atoms with Crippen LogP contribution < -0.4 is 16.0 Å². The molecule has 15 heteroatoms. The van der Waals surface area contributed by atoms with Crippen LogP contribution in [0.2, 0.25) is 5.02 Å². The fourth-order valence-corrected chi connectivity index (χ4v) is 4.43. The lowest BCUT2D eigenvalue weighted by Crippen LogP contribution is -2.44. The molecule has 0 radical (unpaired) electrons. The number of hydrogen-bond donors (Lipinski definition) is 2. The number of esters is 1. The Kier molecular flexibility index (Phi) is 9.40. The lowest BCUT2D eigenvalue weighted by molar-refractivity contribution is -0.0526. The smallest absolute Gasteiger partial charge is 0.428 e. The average molecular weight is 618 g/mol. The number of aromatic nitrogens is 3. The van der Waals surface area contributed by atoms with Crippen LogP contribution in [0.3, 0.4) is 0 Å². The number of benzene rings is 2. The third-order valence-corrected chi connectivity index (χ3v) is 6.98. The van der Waals surface area contributed by atoms with E-state index in [1.807, 2.05) is 13.1 Å². The minimum Gasteiger partial charge on any atom is -0.428 e. The number of hydrogen-bond acceptors (Lipinski definition) is 11. The molecule has 2 heterocycles. The molecule has 0 bridgehead atoms. The number of halogens is 2. The molecule has 0 saturated carbocycles. The highest BCUT2D eigenvalue weighted by Crippen LogP contribution is 2.32. The number of carbonyl (C=O) groups excluding carboxylic acids is 3. The fraction of sp³-hybridized carbons (Fsp3) is 0.393. The van der Waals surface area contributed by atoms with Gasteiger partial charge < -0.3 is 35.1 Å². The molecule has 43 heavy (non-hydrogen) atoms. The quantitative estimate of drug-likeness (QED) is 0.224. The summed E-state index contributed by atoms with van der Waals surface area (Å²) in [5, 5.41) is 10.7. The summed E-state index contributed by atoms with van der Waals surface area (Å²) < 4.78 is 30.2. The second-order valence-corrected chi connectivity index (χ2v) is 11.3. The highest BCUT2D eigenvalue weighted by Gasteiger charge is 2.23. The molecular formula is C28H33ClFN7O6. The van der Waals surface area contributed by atoms with E-state index in [0.29, 0.717) is 24.5 Å². The first kappa shape index (κ1) is 31.5. The first-order valence-corrected chi connectivity index (χ1v) is 13.7. The predicted molar refractivity (Wildman–Crippen MR) is 157 cm³/mol. The molecule has 0 aliphatic carbocycles. The van der Waals surface area contributed by atoms with Crippen LogP contribution in [0.25, 0.3) is 5.69 Å². The van der Waals surface area contributed by atoms with Crippen LogP contribution in [-0.4, -0.2) is 83.5 Å². The Hall–Kier alpha value is -4.43. The summed E-state index contributed by atoms with van der Waals surface area (Å²) in [7, 11) is 2.03. The lowest BCUT2D eigenvalue weighted by Gasteiger charge is -2.35. The number of ether oxygens (including phenoxy) is 3. The second kappa shape index (κ2) is 12.8. The van der Waals surface area contributed by atoms with Gasteiger partial charge in [0.05, 0.1) is 39.5 Å². The van der Waals surface area contributed by atoms with Crippen molar-refractivity contribution < 1.29 is 33.0 Å². The third kappa shape index (κ3) is 7.70. The van der Waals surface area contributed by atoms with E-state index in [1.54, 1.807) is 32.9 Å². The summed E-state index contributed by atoms with van der Waals surface area (Å²) in [6.07, 6.45) is 0.339. The van der Waals surface area contributed by atoms with Crippen molar-refractivity contribution in [1.82, 2.24) is 19.9 Å². The van der Waals surface area contributed by atoms with Gasteiger partial charge in [0.15, 0.2) is 11.5 Å². The molecule has 230 valence electrons. The van der Waals surface area contributed by atoms with Gasteiger partial charge in [-0.1, -0.05) is 16.8 Å². The van der Waals surface area contributed by atoms with E-state index in [9.17, 15) is 18.8 Å². The van der Waals surface area contributed by atoms with E-state index in [2.05, 4.69) is 25.4 Å². The largest absolute Gasteiger partial charge is 0.511 e. The summed E-state index contributed by atoms with van der Waals surface area (Å²) in [5.41, 5.74) is 6.38. The highest BCUT2D eigenvalue weighted by molar-refractivity contribution is 6.35. The van der Waals surface area contributed by atoms with Crippen LogP contribution >= 0.6 is 11.6 Å². The number of nitrogens with one attached hydrogen (secondary N) is 1. The summed E-state index contributed by atoms with van der Waals surface area (Å²) in [6.45, 7) is 8.84. The topological polar surface area (TPSA) is 154 Å². The minimum absolute atomic E-state index is 0.0205. The van der Waals surface area contributed by atoms with Gasteiger partial charge in [-0.25, -0.2) is 18.7 Å². The average Bonchev–Trinajstić information content (AvgIpc) is 3.44. The van der Waals surface area contributed by atoms with Crippen LogP contribution in [0.15, 0.2) is 30.5 Å². The molecule has 1 fully saturated rings. The number of nitrogens with zero attached hydrogens (tertiary/aromatic N) is 5. The molecule has 3 aromatic rings. The van der Waals surface area contributed by atoms with Gasteiger partial charge in [-0.15, -0.1) is 5.10 Å². The van der Waals surface area contributed by atoms with Gasteiger partial charge in [0.1, 0.15) is 5.60 Å². The number of amides is 1. The van der Waals surface area contributed by atoms with Gasteiger partial charge in [-0.05, 0) is 59.0 Å². The molecule has 1 amide bonds. The number of carbonyl (C=O) groups is 3. The van der Waals surface area contributed by atoms with Gasteiger partial charge >= 0.3 is 12.1 Å². The monoisotopic (exact) mass is 617 g/mol. The Morgan fingerprint density at radius 1 is 1.12 bits per heavy atom. The van der Waals surface area contributed by atoms with Gasteiger partial charge in [-0.3, -0.25) is 4.79 Å². The van der Waals surface area contributed by atoms with Crippen molar-refractivity contribution in [2.45, 2.75) is 33.3 Å². The minimum atomic E-state index is -0.987. The molecule has 13 nitrogen and oxygen atoms in total. The van der Waals surface area contributed by atoms with Crippen LogP contribution in [-0.2, 0) is 14.2 Å².